The van der Waals surface area contributed by atoms with E-state index in [1.54, 1.807) is 0 Å². The van der Waals surface area contributed by atoms with Crippen LogP contribution < -0.4 is 5.32 Å². The minimum atomic E-state index is -0.239. The molecule has 0 bridgehead atoms. The van der Waals surface area contributed by atoms with Crippen molar-refractivity contribution < 1.29 is 9.90 Å². The first-order valence-corrected chi connectivity index (χ1v) is 6.08. The predicted octanol–water partition coefficient (Wildman–Crippen LogP) is 1.45. The Bertz CT molecular complexity index is 241. The lowest BCUT2D eigenvalue weighted by atomic mass is 9.95. The zero-order valence-electron chi connectivity index (χ0n) is 10.6. The first-order valence-electron chi connectivity index (χ1n) is 6.08. The average molecular weight is 228 g/mol. The number of amides is 2. The van der Waals surface area contributed by atoms with Gasteiger partial charge in [-0.2, -0.15) is 0 Å². The second-order valence-electron chi connectivity index (χ2n) is 5.67. The molecular formula is C12H24N2O2. The summed E-state index contributed by atoms with van der Waals surface area (Å²) in [6.45, 7) is 8.37. The monoisotopic (exact) mass is 228 g/mol. The van der Waals surface area contributed by atoms with Crippen LogP contribution in [0.3, 0.4) is 0 Å². The van der Waals surface area contributed by atoms with Crippen LogP contribution in [0.5, 0.6) is 0 Å². The summed E-state index contributed by atoms with van der Waals surface area (Å²) in [7, 11) is 0. The van der Waals surface area contributed by atoms with Crippen LogP contribution in [-0.4, -0.2) is 42.3 Å². The van der Waals surface area contributed by atoms with Gasteiger partial charge in [0.15, 0.2) is 0 Å². The summed E-state index contributed by atoms with van der Waals surface area (Å²) in [6.07, 6.45) is 2.31. The van der Waals surface area contributed by atoms with Gasteiger partial charge in [-0.3, -0.25) is 0 Å². The van der Waals surface area contributed by atoms with Crippen molar-refractivity contribution in [2.24, 2.45) is 11.3 Å². The van der Waals surface area contributed by atoms with Gasteiger partial charge >= 0.3 is 6.03 Å². The molecule has 1 atom stereocenters. The highest BCUT2D eigenvalue weighted by atomic mass is 16.3. The fourth-order valence-electron chi connectivity index (χ4n) is 1.86. The van der Waals surface area contributed by atoms with Crippen molar-refractivity contribution in [3.63, 3.8) is 0 Å². The second-order valence-corrected chi connectivity index (χ2v) is 5.67. The summed E-state index contributed by atoms with van der Waals surface area (Å²) in [5.41, 5.74) is -0.239. The molecule has 0 aromatic carbocycles. The average Bonchev–Trinajstić information content (AvgIpc) is 2.26. The molecule has 0 spiro atoms. The minimum Gasteiger partial charge on any atom is -0.396 e. The van der Waals surface area contributed by atoms with Gasteiger partial charge in [-0.25, -0.2) is 4.79 Å². The largest absolute Gasteiger partial charge is 0.396 e. The molecule has 0 aliphatic carbocycles. The van der Waals surface area contributed by atoms with Crippen molar-refractivity contribution >= 4 is 6.03 Å². The van der Waals surface area contributed by atoms with Gasteiger partial charge in [0.05, 0.1) is 0 Å². The van der Waals surface area contributed by atoms with Gasteiger partial charge in [0.25, 0.3) is 0 Å². The molecule has 0 aromatic rings. The van der Waals surface area contributed by atoms with Gasteiger partial charge < -0.3 is 15.3 Å². The summed E-state index contributed by atoms with van der Waals surface area (Å²) in [4.78, 5) is 13.7. The van der Waals surface area contributed by atoms with E-state index in [2.05, 4.69) is 12.2 Å². The maximum absolute atomic E-state index is 11.8. The van der Waals surface area contributed by atoms with Gasteiger partial charge in [0.2, 0.25) is 0 Å². The van der Waals surface area contributed by atoms with E-state index >= 15 is 0 Å². The van der Waals surface area contributed by atoms with Crippen LogP contribution in [0.2, 0.25) is 0 Å². The number of piperidine rings is 1. The number of likely N-dealkylation sites (tertiary alicyclic amines) is 1. The normalized spacial score (nSPS) is 22.0. The highest BCUT2D eigenvalue weighted by Crippen LogP contribution is 2.16. The van der Waals surface area contributed by atoms with Gasteiger partial charge in [-0.1, -0.05) is 20.8 Å². The van der Waals surface area contributed by atoms with E-state index in [4.69, 9.17) is 5.11 Å². The van der Waals surface area contributed by atoms with E-state index in [1.165, 1.54) is 6.42 Å². The fraction of sp³-hybridized carbons (Fsp3) is 0.917. The molecule has 16 heavy (non-hydrogen) atoms. The van der Waals surface area contributed by atoms with Gasteiger partial charge in [-0.15, -0.1) is 0 Å². The molecule has 1 aliphatic rings. The molecule has 0 saturated carbocycles. The molecular weight excluding hydrogens is 204 g/mol. The molecule has 2 N–H and O–H groups in total. The standard InChI is InChI=1S/C12H24N2O2/c1-10-5-4-6-14(7-10)11(16)13-8-12(2,3)9-15/h10,15H,4-9H2,1-3H3,(H,13,16). The van der Waals surface area contributed by atoms with E-state index < -0.39 is 0 Å². The number of aliphatic hydroxyl groups excluding tert-OH is 1. The number of nitrogens with one attached hydrogen (secondary N) is 1. The number of rotatable bonds is 3. The third-order valence-electron chi connectivity index (χ3n) is 3.09. The summed E-state index contributed by atoms with van der Waals surface area (Å²) < 4.78 is 0. The number of carbonyl (C=O) groups excluding carboxylic acids is 1. The van der Waals surface area contributed by atoms with Crippen LogP contribution >= 0.6 is 0 Å². The third-order valence-corrected chi connectivity index (χ3v) is 3.09. The molecule has 0 radical (unpaired) electrons. The Labute approximate surface area is 98.0 Å². The first-order chi connectivity index (χ1) is 7.44. The van der Waals surface area contributed by atoms with Crippen molar-refractivity contribution in [1.82, 2.24) is 10.2 Å². The zero-order chi connectivity index (χ0) is 12.2. The van der Waals surface area contributed by atoms with E-state index in [0.29, 0.717) is 12.5 Å². The lowest BCUT2D eigenvalue weighted by Crippen LogP contribution is -2.47. The van der Waals surface area contributed by atoms with E-state index in [0.717, 1.165) is 19.5 Å². The molecule has 4 heteroatoms. The van der Waals surface area contributed by atoms with Gasteiger partial charge in [0, 0.05) is 31.7 Å². The molecule has 1 heterocycles. The molecule has 0 aromatic heterocycles. The quantitative estimate of drug-likeness (QED) is 0.768. The van der Waals surface area contributed by atoms with E-state index in [9.17, 15) is 4.79 Å². The summed E-state index contributed by atoms with van der Waals surface area (Å²) in [5.74, 6) is 0.602. The van der Waals surface area contributed by atoms with Crippen molar-refractivity contribution in [3.05, 3.63) is 0 Å². The molecule has 94 valence electrons. The Morgan fingerprint density at radius 1 is 1.56 bits per heavy atom. The number of urea groups is 1. The molecule has 4 nitrogen and oxygen atoms in total. The molecule has 1 rings (SSSR count). The number of hydrogen-bond donors (Lipinski definition) is 2. The number of aliphatic hydroxyl groups is 1. The number of hydrogen-bond acceptors (Lipinski definition) is 2. The Hall–Kier alpha value is -0.770. The molecule has 1 fully saturated rings. The smallest absolute Gasteiger partial charge is 0.317 e. The topological polar surface area (TPSA) is 52.6 Å². The molecule has 1 unspecified atom stereocenters. The maximum Gasteiger partial charge on any atom is 0.317 e. The third kappa shape index (κ3) is 4.00. The highest BCUT2D eigenvalue weighted by Gasteiger charge is 2.23. The van der Waals surface area contributed by atoms with Crippen LogP contribution in [0, 0.1) is 11.3 Å². The van der Waals surface area contributed by atoms with Crippen molar-refractivity contribution in [2.75, 3.05) is 26.2 Å². The predicted molar refractivity (Wildman–Crippen MR) is 64.2 cm³/mol. The highest BCUT2D eigenvalue weighted by molar-refractivity contribution is 5.74. The molecule has 1 aliphatic heterocycles. The molecule has 1 saturated heterocycles. The summed E-state index contributed by atoms with van der Waals surface area (Å²) in [5, 5.41) is 12.0. The van der Waals surface area contributed by atoms with Crippen LogP contribution in [0.4, 0.5) is 4.79 Å². The number of carbonyl (C=O) groups is 1. The Balaban J connectivity index is 2.34. The Kier molecular flexibility index (Phi) is 4.59. The van der Waals surface area contributed by atoms with E-state index in [1.807, 2.05) is 18.7 Å². The van der Waals surface area contributed by atoms with Crippen LogP contribution in [0.25, 0.3) is 0 Å². The van der Waals surface area contributed by atoms with Crippen molar-refractivity contribution in [2.45, 2.75) is 33.6 Å². The zero-order valence-corrected chi connectivity index (χ0v) is 10.6. The van der Waals surface area contributed by atoms with Crippen LogP contribution in [0.15, 0.2) is 0 Å². The van der Waals surface area contributed by atoms with Crippen molar-refractivity contribution in [1.29, 1.82) is 0 Å². The second kappa shape index (κ2) is 5.53. The SMILES string of the molecule is CC1CCCN(C(=O)NCC(C)(C)CO)C1. The van der Waals surface area contributed by atoms with E-state index in [-0.39, 0.29) is 18.1 Å². The fourth-order valence-corrected chi connectivity index (χ4v) is 1.86. The van der Waals surface area contributed by atoms with Crippen LogP contribution in [0.1, 0.15) is 33.6 Å². The molecule has 2 amide bonds. The lowest BCUT2D eigenvalue weighted by molar-refractivity contribution is 0.142. The maximum atomic E-state index is 11.8. The number of nitrogens with zero attached hydrogens (tertiary/aromatic N) is 1. The Morgan fingerprint density at radius 2 is 2.25 bits per heavy atom. The summed E-state index contributed by atoms with van der Waals surface area (Å²) >= 11 is 0. The minimum absolute atomic E-state index is 0.00748. The van der Waals surface area contributed by atoms with Crippen molar-refractivity contribution in [3.8, 4) is 0 Å². The van der Waals surface area contributed by atoms with Gasteiger partial charge in [0.1, 0.15) is 0 Å². The first kappa shape index (κ1) is 13.3. The summed E-state index contributed by atoms with van der Waals surface area (Å²) in [6, 6.07) is 0.00748. The lowest BCUT2D eigenvalue weighted by Gasteiger charge is -2.32. The Morgan fingerprint density at radius 3 is 2.81 bits per heavy atom. The van der Waals surface area contributed by atoms with Gasteiger partial charge in [-0.05, 0) is 18.8 Å². The van der Waals surface area contributed by atoms with Crippen LogP contribution in [-0.2, 0) is 0 Å².